The molecule has 0 atom stereocenters. The zero-order valence-corrected chi connectivity index (χ0v) is 12.9. The fourth-order valence-corrected chi connectivity index (χ4v) is 2.31. The first-order valence-electron chi connectivity index (χ1n) is 7.23. The number of benzene rings is 2. The molecular weight excluding hydrogens is 308 g/mol. The van der Waals surface area contributed by atoms with Crippen molar-refractivity contribution >= 4 is 5.69 Å². The van der Waals surface area contributed by atoms with Gasteiger partial charge in [-0.05, 0) is 24.3 Å². The Bertz CT molecular complexity index is 949. The topological polar surface area (TPSA) is 74.4 Å². The highest BCUT2D eigenvalue weighted by atomic mass is 16.6. The molecule has 0 aliphatic rings. The smallest absolute Gasteiger partial charge is 0.270 e. The number of hydrogen-bond acceptors (Lipinski definition) is 4. The highest BCUT2D eigenvalue weighted by Gasteiger charge is 2.14. The minimum absolute atomic E-state index is 0.0423. The van der Waals surface area contributed by atoms with Crippen LogP contribution in [-0.4, -0.2) is 9.49 Å². The number of rotatable bonds is 4. The third-order valence-electron chi connectivity index (χ3n) is 3.54. The molecule has 0 spiro atoms. The molecule has 0 radical (unpaired) electrons. The van der Waals surface area contributed by atoms with Crippen LogP contribution in [-0.2, 0) is 7.05 Å². The summed E-state index contributed by atoms with van der Waals surface area (Å²) >= 11 is 0. The van der Waals surface area contributed by atoms with Crippen LogP contribution in [0.3, 0.4) is 0 Å². The van der Waals surface area contributed by atoms with Gasteiger partial charge in [-0.25, -0.2) is 0 Å². The molecule has 0 amide bonds. The van der Waals surface area contributed by atoms with Gasteiger partial charge in [-0.3, -0.25) is 14.9 Å². The largest absolute Gasteiger partial charge is 0.457 e. The van der Waals surface area contributed by atoms with E-state index in [1.165, 1.54) is 22.8 Å². The van der Waals surface area contributed by atoms with Crippen molar-refractivity contribution < 1.29 is 9.66 Å². The molecule has 120 valence electrons. The van der Waals surface area contributed by atoms with Crippen molar-refractivity contribution in [2.24, 2.45) is 7.05 Å². The number of para-hydroxylation sites is 1. The summed E-state index contributed by atoms with van der Waals surface area (Å²) in [6.45, 7) is 0. The van der Waals surface area contributed by atoms with Gasteiger partial charge in [0, 0.05) is 42.6 Å². The van der Waals surface area contributed by atoms with Gasteiger partial charge in [-0.1, -0.05) is 18.2 Å². The Morgan fingerprint density at radius 3 is 2.46 bits per heavy atom. The van der Waals surface area contributed by atoms with Crippen LogP contribution in [0.25, 0.3) is 11.1 Å². The second-order valence-corrected chi connectivity index (χ2v) is 5.22. The Morgan fingerprint density at radius 2 is 1.79 bits per heavy atom. The Morgan fingerprint density at radius 1 is 1.04 bits per heavy atom. The van der Waals surface area contributed by atoms with Gasteiger partial charge in [-0.2, -0.15) is 0 Å². The number of aromatic nitrogens is 1. The third kappa shape index (κ3) is 3.17. The van der Waals surface area contributed by atoms with Gasteiger partial charge in [-0.15, -0.1) is 0 Å². The van der Waals surface area contributed by atoms with Gasteiger partial charge in [0.15, 0.2) is 0 Å². The predicted octanol–water partition coefficient (Wildman–Crippen LogP) is 3.75. The number of nitro groups is 1. The summed E-state index contributed by atoms with van der Waals surface area (Å²) in [4.78, 5) is 22.2. The lowest BCUT2D eigenvalue weighted by Crippen LogP contribution is -2.14. The minimum atomic E-state index is -0.461. The summed E-state index contributed by atoms with van der Waals surface area (Å²) in [6, 6.07) is 16.6. The molecule has 0 aliphatic carbocycles. The lowest BCUT2D eigenvalue weighted by atomic mass is 10.1. The quantitative estimate of drug-likeness (QED) is 0.541. The van der Waals surface area contributed by atoms with Crippen LogP contribution < -0.4 is 10.3 Å². The molecule has 1 aromatic heterocycles. The van der Waals surface area contributed by atoms with E-state index in [0.29, 0.717) is 22.6 Å². The monoisotopic (exact) mass is 322 g/mol. The van der Waals surface area contributed by atoms with Gasteiger partial charge in [0.2, 0.25) is 5.56 Å². The Kier molecular flexibility index (Phi) is 4.11. The van der Waals surface area contributed by atoms with Gasteiger partial charge in [0.1, 0.15) is 11.5 Å². The van der Waals surface area contributed by atoms with Gasteiger partial charge in [0.25, 0.3) is 5.69 Å². The van der Waals surface area contributed by atoms with E-state index in [2.05, 4.69) is 0 Å². The molecule has 0 aliphatic heterocycles. The van der Waals surface area contributed by atoms with E-state index in [1.54, 1.807) is 37.5 Å². The number of aryl methyl sites for hydroxylation is 1. The number of hydrogen-bond donors (Lipinski definition) is 0. The van der Waals surface area contributed by atoms with Crippen molar-refractivity contribution in [3.63, 3.8) is 0 Å². The van der Waals surface area contributed by atoms with Gasteiger partial charge >= 0.3 is 0 Å². The number of ether oxygens (including phenoxy) is 1. The van der Waals surface area contributed by atoms with Crippen molar-refractivity contribution in [1.29, 1.82) is 0 Å². The maximum atomic E-state index is 11.6. The Balaban J connectivity index is 2.12. The highest BCUT2D eigenvalue weighted by molar-refractivity contribution is 5.72. The molecule has 0 saturated carbocycles. The summed E-state index contributed by atoms with van der Waals surface area (Å²) in [6.07, 6.45) is 1.62. The van der Waals surface area contributed by atoms with Crippen molar-refractivity contribution in [1.82, 2.24) is 4.57 Å². The SMILES string of the molecule is Cn1cc(-c2cc([N+](=O)[O-])ccc2Oc2ccccc2)ccc1=O. The molecule has 0 fully saturated rings. The van der Waals surface area contributed by atoms with Gasteiger partial charge in [0.05, 0.1) is 4.92 Å². The molecule has 0 unspecified atom stereocenters. The maximum absolute atomic E-state index is 11.6. The Hall–Kier alpha value is -3.41. The van der Waals surface area contributed by atoms with Crippen LogP contribution in [0, 0.1) is 10.1 Å². The second kappa shape index (κ2) is 6.37. The number of nitrogens with zero attached hydrogens (tertiary/aromatic N) is 2. The van der Waals surface area contributed by atoms with E-state index in [4.69, 9.17) is 4.74 Å². The molecule has 0 bridgehead atoms. The second-order valence-electron chi connectivity index (χ2n) is 5.22. The van der Waals surface area contributed by atoms with E-state index in [-0.39, 0.29) is 11.2 Å². The summed E-state index contributed by atoms with van der Waals surface area (Å²) in [5.41, 5.74) is 1.00. The average molecular weight is 322 g/mol. The normalized spacial score (nSPS) is 10.4. The van der Waals surface area contributed by atoms with Crippen LogP contribution in [0.2, 0.25) is 0 Å². The first kappa shape index (κ1) is 15.5. The summed E-state index contributed by atoms with van der Waals surface area (Å²) in [5.74, 6) is 1.10. The maximum Gasteiger partial charge on any atom is 0.270 e. The van der Waals surface area contributed by atoms with E-state index < -0.39 is 4.92 Å². The average Bonchev–Trinajstić information content (AvgIpc) is 2.58. The molecule has 0 N–H and O–H groups in total. The first-order valence-corrected chi connectivity index (χ1v) is 7.23. The zero-order chi connectivity index (χ0) is 17.1. The molecule has 6 heteroatoms. The predicted molar refractivity (Wildman–Crippen MR) is 90.3 cm³/mol. The van der Waals surface area contributed by atoms with E-state index in [0.717, 1.165) is 0 Å². The molecule has 24 heavy (non-hydrogen) atoms. The van der Waals surface area contributed by atoms with E-state index in [9.17, 15) is 14.9 Å². The number of nitro benzene ring substituents is 1. The lowest BCUT2D eigenvalue weighted by Gasteiger charge is -2.12. The highest BCUT2D eigenvalue weighted by Crippen LogP contribution is 2.35. The number of pyridine rings is 1. The van der Waals surface area contributed by atoms with Crippen molar-refractivity contribution in [3.8, 4) is 22.6 Å². The van der Waals surface area contributed by atoms with Crippen LogP contribution in [0.1, 0.15) is 0 Å². The third-order valence-corrected chi connectivity index (χ3v) is 3.54. The molecule has 0 saturated heterocycles. The van der Waals surface area contributed by atoms with Gasteiger partial charge < -0.3 is 9.30 Å². The van der Waals surface area contributed by atoms with E-state index >= 15 is 0 Å². The first-order chi connectivity index (χ1) is 11.5. The van der Waals surface area contributed by atoms with Crippen molar-refractivity contribution in [2.75, 3.05) is 0 Å². The summed E-state index contributed by atoms with van der Waals surface area (Å²) < 4.78 is 7.28. The fraction of sp³-hybridized carbons (Fsp3) is 0.0556. The number of non-ortho nitro benzene ring substituents is 1. The summed E-state index contributed by atoms with van der Waals surface area (Å²) in [5, 5.41) is 11.1. The minimum Gasteiger partial charge on any atom is -0.457 e. The lowest BCUT2D eigenvalue weighted by molar-refractivity contribution is -0.384. The van der Waals surface area contributed by atoms with Crippen LogP contribution >= 0.6 is 0 Å². The molecule has 2 aromatic carbocycles. The van der Waals surface area contributed by atoms with Crippen LogP contribution in [0.15, 0.2) is 71.7 Å². The van der Waals surface area contributed by atoms with Crippen LogP contribution in [0.4, 0.5) is 5.69 Å². The summed E-state index contributed by atoms with van der Waals surface area (Å²) in [7, 11) is 1.63. The molecule has 3 aromatic rings. The van der Waals surface area contributed by atoms with Crippen molar-refractivity contribution in [2.45, 2.75) is 0 Å². The van der Waals surface area contributed by atoms with Crippen molar-refractivity contribution in [3.05, 3.63) is 87.3 Å². The zero-order valence-electron chi connectivity index (χ0n) is 12.9. The molecule has 3 rings (SSSR count). The van der Waals surface area contributed by atoms with Crippen LogP contribution in [0.5, 0.6) is 11.5 Å². The molecule has 1 heterocycles. The molecule has 6 nitrogen and oxygen atoms in total. The van der Waals surface area contributed by atoms with E-state index in [1.807, 2.05) is 18.2 Å². The standard InChI is InChI=1S/C18H14N2O4/c1-19-12-13(7-10-18(19)21)16-11-14(20(22)23)8-9-17(16)24-15-5-3-2-4-6-15/h2-12H,1H3. The molecular formula is C18H14N2O4. The fourth-order valence-electron chi connectivity index (χ4n) is 2.31. The Labute approximate surface area is 137 Å².